The van der Waals surface area contributed by atoms with E-state index in [1.54, 1.807) is 49.7 Å². The van der Waals surface area contributed by atoms with Gasteiger partial charge in [-0.05, 0) is 32.8 Å². The van der Waals surface area contributed by atoms with Crippen molar-refractivity contribution in [2.45, 2.75) is 39.3 Å². The van der Waals surface area contributed by atoms with Gasteiger partial charge in [-0.25, -0.2) is 0 Å². The maximum absolute atomic E-state index is 13.5. The third kappa shape index (κ3) is 4.43. The zero-order chi connectivity index (χ0) is 23.5. The molecule has 3 aromatic rings. The maximum Gasteiger partial charge on any atom is 0.271 e. The topological polar surface area (TPSA) is 91.6 Å². The third-order valence-corrected chi connectivity index (χ3v) is 6.04. The first-order valence-electron chi connectivity index (χ1n) is 11.3. The van der Waals surface area contributed by atoms with Crippen molar-refractivity contribution in [3.8, 4) is 5.75 Å². The number of amides is 1. The highest BCUT2D eigenvalue weighted by molar-refractivity contribution is 6.04. The van der Waals surface area contributed by atoms with E-state index in [1.165, 1.54) is 4.57 Å². The number of nitrogens with one attached hydrogen (secondary N) is 1. The molecule has 1 aliphatic heterocycles. The number of aromatic nitrogens is 2. The monoisotopic (exact) mass is 451 g/mol. The van der Waals surface area contributed by atoms with E-state index in [1.807, 2.05) is 12.1 Å². The fourth-order valence-electron chi connectivity index (χ4n) is 4.31. The molecule has 1 aromatic carbocycles. The standard InChI is InChI=1S/C25H29N3O5/c1-4-32-23-21-19(27(3)22(23)24(30)26-14-18-11-8-12-33-18)13-16(2)28(25(21)31)15-20(29)17-9-6-5-7-10-17/h5-7,9-10,13,18H,4,8,11-12,14-15H2,1-3H3,(H,26,30). The van der Waals surface area contributed by atoms with Gasteiger partial charge in [0.05, 0.1) is 24.8 Å². The number of hydrogen-bond acceptors (Lipinski definition) is 5. The molecule has 8 nitrogen and oxygen atoms in total. The number of aryl methyl sites for hydroxylation is 2. The summed E-state index contributed by atoms with van der Waals surface area (Å²) in [4.78, 5) is 39.4. The molecule has 0 radical (unpaired) electrons. The van der Waals surface area contributed by atoms with Crippen LogP contribution in [0.5, 0.6) is 5.75 Å². The Kier molecular flexibility index (Phi) is 6.65. The molecule has 1 atom stereocenters. The first-order valence-corrected chi connectivity index (χ1v) is 11.3. The van der Waals surface area contributed by atoms with Gasteiger partial charge in [0, 0.05) is 31.5 Å². The molecule has 0 spiro atoms. The molecular weight excluding hydrogens is 422 g/mol. The van der Waals surface area contributed by atoms with Gasteiger partial charge >= 0.3 is 0 Å². The van der Waals surface area contributed by atoms with Crippen LogP contribution in [0.1, 0.15) is 46.3 Å². The minimum Gasteiger partial charge on any atom is -0.491 e. The Bertz CT molecular complexity index is 1240. The van der Waals surface area contributed by atoms with Crippen molar-refractivity contribution in [2.24, 2.45) is 7.05 Å². The Labute approximate surface area is 192 Å². The van der Waals surface area contributed by atoms with Crippen molar-refractivity contribution in [3.05, 3.63) is 63.7 Å². The van der Waals surface area contributed by atoms with Crippen LogP contribution >= 0.6 is 0 Å². The van der Waals surface area contributed by atoms with E-state index in [-0.39, 0.29) is 41.3 Å². The summed E-state index contributed by atoms with van der Waals surface area (Å²) in [5.41, 5.74) is 1.69. The lowest BCUT2D eigenvalue weighted by molar-refractivity contribution is 0.0848. The number of benzene rings is 1. The summed E-state index contributed by atoms with van der Waals surface area (Å²) in [5.74, 6) is -0.245. The predicted octanol–water partition coefficient (Wildman–Crippen LogP) is 2.84. The number of rotatable bonds is 8. The van der Waals surface area contributed by atoms with Gasteiger partial charge in [0.25, 0.3) is 11.5 Å². The van der Waals surface area contributed by atoms with Crippen LogP contribution in [-0.2, 0) is 18.3 Å². The molecule has 2 aromatic heterocycles. The van der Waals surface area contributed by atoms with Crippen molar-refractivity contribution in [1.29, 1.82) is 0 Å². The van der Waals surface area contributed by atoms with E-state index in [9.17, 15) is 14.4 Å². The van der Waals surface area contributed by atoms with E-state index >= 15 is 0 Å². The second-order valence-corrected chi connectivity index (χ2v) is 8.24. The minimum atomic E-state index is -0.355. The molecular formula is C25H29N3O5. The predicted molar refractivity (Wildman–Crippen MR) is 125 cm³/mol. The van der Waals surface area contributed by atoms with Crippen molar-refractivity contribution in [2.75, 3.05) is 19.8 Å². The molecule has 4 rings (SSSR count). The number of pyridine rings is 1. The van der Waals surface area contributed by atoms with Gasteiger partial charge in [-0.2, -0.15) is 0 Å². The van der Waals surface area contributed by atoms with Crippen LogP contribution in [0.4, 0.5) is 0 Å². The highest BCUT2D eigenvalue weighted by Gasteiger charge is 2.27. The van der Waals surface area contributed by atoms with Gasteiger partial charge in [0.15, 0.2) is 17.2 Å². The first-order chi connectivity index (χ1) is 15.9. The van der Waals surface area contributed by atoms with Crippen LogP contribution in [-0.4, -0.2) is 46.7 Å². The highest BCUT2D eigenvalue weighted by atomic mass is 16.5. The van der Waals surface area contributed by atoms with Crippen molar-refractivity contribution >= 4 is 22.6 Å². The van der Waals surface area contributed by atoms with Crippen LogP contribution in [0.15, 0.2) is 41.2 Å². The SMILES string of the molecule is CCOc1c(C(=O)NCC2CCCO2)n(C)c2cc(C)n(CC(=O)c3ccccc3)c(=O)c12. The quantitative estimate of drug-likeness (QED) is 0.532. The number of carbonyl (C=O) groups is 2. The molecule has 3 heterocycles. The molecule has 1 N–H and O–H groups in total. The molecule has 1 fully saturated rings. The molecule has 33 heavy (non-hydrogen) atoms. The fourth-order valence-corrected chi connectivity index (χ4v) is 4.31. The first kappa shape index (κ1) is 22.8. The number of carbonyl (C=O) groups excluding carboxylic acids is 2. The number of Topliss-reactive ketones (excluding diaryl/α,β-unsaturated/α-hetero) is 1. The summed E-state index contributed by atoms with van der Waals surface area (Å²) in [7, 11) is 1.74. The summed E-state index contributed by atoms with van der Waals surface area (Å²) >= 11 is 0. The van der Waals surface area contributed by atoms with Crippen LogP contribution in [0.3, 0.4) is 0 Å². The lowest BCUT2D eigenvalue weighted by Crippen LogP contribution is -2.33. The van der Waals surface area contributed by atoms with Crippen LogP contribution in [0.2, 0.25) is 0 Å². The van der Waals surface area contributed by atoms with Gasteiger partial charge in [0.1, 0.15) is 5.39 Å². The van der Waals surface area contributed by atoms with Crippen molar-refractivity contribution < 1.29 is 19.1 Å². The normalized spacial score (nSPS) is 15.7. The molecule has 1 aliphatic rings. The maximum atomic E-state index is 13.5. The second-order valence-electron chi connectivity index (χ2n) is 8.24. The van der Waals surface area contributed by atoms with Crippen molar-refractivity contribution in [1.82, 2.24) is 14.5 Å². The Hall–Kier alpha value is -3.39. The Morgan fingerprint density at radius 1 is 1.24 bits per heavy atom. The number of hydrogen-bond donors (Lipinski definition) is 1. The van der Waals surface area contributed by atoms with E-state index in [0.717, 1.165) is 12.8 Å². The Morgan fingerprint density at radius 2 is 2.00 bits per heavy atom. The molecule has 0 saturated carbocycles. The van der Waals surface area contributed by atoms with E-state index < -0.39 is 0 Å². The summed E-state index contributed by atoms with van der Waals surface area (Å²) in [6.07, 6.45) is 1.90. The highest BCUT2D eigenvalue weighted by Crippen LogP contribution is 2.31. The fraction of sp³-hybridized carbons (Fsp3) is 0.400. The van der Waals surface area contributed by atoms with E-state index in [4.69, 9.17) is 9.47 Å². The molecule has 1 amide bonds. The second kappa shape index (κ2) is 9.62. The molecule has 174 valence electrons. The van der Waals surface area contributed by atoms with E-state index in [0.29, 0.717) is 41.9 Å². The molecule has 1 unspecified atom stereocenters. The van der Waals surface area contributed by atoms with Gasteiger partial charge in [-0.15, -0.1) is 0 Å². The van der Waals surface area contributed by atoms with Gasteiger partial charge in [0.2, 0.25) is 0 Å². The van der Waals surface area contributed by atoms with Gasteiger partial charge in [-0.3, -0.25) is 14.4 Å². The smallest absolute Gasteiger partial charge is 0.271 e. The number of ether oxygens (including phenoxy) is 2. The summed E-state index contributed by atoms with van der Waals surface area (Å²) in [6, 6.07) is 10.7. The Morgan fingerprint density at radius 3 is 2.67 bits per heavy atom. The lowest BCUT2D eigenvalue weighted by atomic mass is 10.1. The van der Waals surface area contributed by atoms with Crippen molar-refractivity contribution in [3.63, 3.8) is 0 Å². The lowest BCUT2D eigenvalue weighted by Gasteiger charge is -2.12. The molecule has 1 saturated heterocycles. The van der Waals surface area contributed by atoms with Crippen LogP contribution in [0.25, 0.3) is 10.9 Å². The number of nitrogens with zero attached hydrogens (tertiary/aromatic N) is 2. The number of fused-ring (bicyclic) bond motifs is 1. The molecule has 8 heteroatoms. The van der Waals surface area contributed by atoms with Gasteiger partial charge in [-0.1, -0.05) is 30.3 Å². The summed E-state index contributed by atoms with van der Waals surface area (Å²) < 4.78 is 14.5. The largest absolute Gasteiger partial charge is 0.491 e. The number of ketones is 1. The summed E-state index contributed by atoms with van der Waals surface area (Å²) in [5, 5.41) is 3.22. The average molecular weight is 452 g/mol. The minimum absolute atomic E-state index is 0.00245. The van der Waals surface area contributed by atoms with Crippen LogP contribution in [0, 0.1) is 6.92 Å². The molecule has 0 aliphatic carbocycles. The van der Waals surface area contributed by atoms with Gasteiger partial charge < -0.3 is 23.9 Å². The third-order valence-electron chi connectivity index (χ3n) is 6.04. The zero-order valence-corrected chi connectivity index (χ0v) is 19.2. The molecule has 0 bridgehead atoms. The Balaban J connectivity index is 1.74. The average Bonchev–Trinajstić information content (AvgIpc) is 3.42. The van der Waals surface area contributed by atoms with E-state index in [2.05, 4.69) is 5.32 Å². The zero-order valence-electron chi connectivity index (χ0n) is 19.2. The summed E-state index contributed by atoms with van der Waals surface area (Å²) in [6.45, 7) is 4.90. The van der Waals surface area contributed by atoms with Crippen LogP contribution < -0.4 is 15.6 Å².